The van der Waals surface area contributed by atoms with E-state index >= 15 is 0 Å². The number of carbonyl (C=O) groups is 1. The average molecular weight is 274 g/mol. The number of rotatable bonds is 5. The first kappa shape index (κ1) is 14.3. The summed E-state index contributed by atoms with van der Waals surface area (Å²) in [6.07, 6.45) is 1.77. The summed E-state index contributed by atoms with van der Waals surface area (Å²) in [7, 11) is 1.36. The molecule has 0 bridgehead atoms. The number of hydrogen-bond acceptors (Lipinski definition) is 5. The van der Waals surface area contributed by atoms with E-state index < -0.39 is 0 Å². The van der Waals surface area contributed by atoms with Gasteiger partial charge in [-0.05, 0) is 31.5 Å². The van der Waals surface area contributed by atoms with E-state index in [2.05, 4.69) is 10.3 Å². The van der Waals surface area contributed by atoms with Crippen LogP contribution in [0.15, 0.2) is 28.8 Å². The third-order valence-corrected chi connectivity index (χ3v) is 3.08. The molecule has 2 aromatic heterocycles. The fourth-order valence-corrected chi connectivity index (χ4v) is 1.95. The number of carbonyl (C=O) groups excluding carboxylic acids is 1. The molecule has 0 atom stereocenters. The second kappa shape index (κ2) is 6.34. The van der Waals surface area contributed by atoms with Crippen LogP contribution in [0.1, 0.15) is 33.1 Å². The van der Waals surface area contributed by atoms with Gasteiger partial charge in [0, 0.05) is 12.7 Å². The van der Waals surface area contributed by atoms with Crippen molar-refractivity contribution in [3.8, 4) is 0 Å². The van der Waals surface area contributed by atoms with Crippen molar-refractivity contribution in [3.63, 3.8) is 0 Å². The first-order valence-corrected chi connectivity index (χ1v) is 6.40. The Bertz CT molecular complexity index is 605. The number of esters is 1. The predicted octanol–water partition coefficient (Wildman–Crippen LogP) is 2.37. The van der Waals surface area contributed by atoms with Crippen LogP contribution in [0.5, 0.6) is 0 Å². The van der Waals surface area contributed by atoms with Crippen LogP contribution in [0.2, 0.25) is 0 Å². The Morgan fingerprint density at radius 3 is 2.90 bits per heavy atom. The standard InChI is InChI=1S/C15H18N2O3/c1-10-5-4-6-17-14(10)9-16-8-12-7-13(11(2)20-12)15(18)19-3/h4-7,16H,8-9H2,1-3H3. The molecule has 0 fully saturated rings. The molecular formula is C15H18N2O3. The Morgan fingerprint density at radius 2 is 2.20 bits per heavy atom. The quantitative estimate of drug-likeness (QED) is 0.848. The second-order valence-corrected chi connectivity index (χ2v) is 4.54. The van der Waals surface area contributed by atoms with Crippen molar-refractivity contribution in [1.82, 2.24) is 10.3 Å². The van der Waals surface area contributed by atoms with Gasteiger partial charge in [0.05, 0.1) is 19.3 Å². The summed E-state index contributed by atoms with van der Waals surface area (Å²) in [6.45, 7) is 4.96. The minimum Gasteiger partial charge on any atom is -0.465 e. The van der Waals surface area contributed by atoms with Gasteiger partial charge in [-0.15, -0.1) is 0 Å². The van der Waals surface area contributed by atoms with Gasteiger partial charge >= 0.3 is 5.97 Å². The Morgan fingerprint density at radius 1 is 1.40 bits per heavy atom. The number of ether oxygens (including phenoxy) is 1. The van der Waals surface area contributed by atoms with Crippen LogP contribution in [0.3, 0.4) is 0 Å². The van der Waals surface area contributed by atoms with Crippen LogP contribution >= 0.6 is 0 Å². The summed E-state index contributed by atoms with van der Waals surface area (Å²) in [5.41, 5.74) is 2.62. The van der Waals surface area contributed by atoms with Gasteiger partial charge in [0.2, 0.25) is 0 Å². The molecular weight excluding hydrogens is 256 g/mol. The molecule has 0 radical (unpaired) electrons. The molecule has 0 aliphatic heterocycles. The lowest BCUT2D eigenvalue weighted by atomic mass is 10.2. The molecule has 0 saturated heterocycles. The third kappa shape index (κ3) is 3.24. The van der Waals surface area contributed by atoms with E-state index in [1.54, 1.807) is 19.2 Å². The number of aryl methyl sites for hydroxylation is 2. The monoisotopic (exact) mass is 274 g/mol. The van der Waals surface area contributed by atoms with E-state index in [1.165, 1.54) is 7.11 Å². The molecule has 0 spiro atoms. The second-order valence-electron chi connectivity index (χ2n) is 4.54. The van der Waals surface area contributed by atoms with E-state index in [1.807, 2.05) is 19.1 Å². The molecule has 0 aliphatic carbocycles. The van der Waals surface area contributed by atoms with Crippen molar-refractivity contribution in [2.24, 2.45) is 0 Å². The summed E-state index contributed by atoms with van der Waals surface area (Å²) in [4.78, 5) is 15.8. The molecule has 0 saturated carbocycles. The minimum absolute atomic E-state index is 0.377. The third-order valence-electron chi connectivity index (χ3n) is 3.08. The maximum Gasteiger partial charge on any atom is 0.341 e. The molecule has 5 heteroatoms. The van der Waals surface area contributed by atoms with Crippen LogP contribution in [-0.4, -0.2) is 18.1 Å². The Labute approximate surface area is 118 Å². The van der Waals surface area contributed by atoms with E-state index in [0.29, 0.717) is 30.2 Å². The first-order chi connectivity index (χ1) is 9.61. The predicted molar refractivity (Wildman–Crippen MR) is 74.3 cm³/mol. The van der Waals surface area contributed by atoms with Gasteiger partial charge in [-0.2, -0.15) is 0 Å². The molecule has 0 unspecified atom stereocenters. The number of nitrogens with one attached hydrogen (secondary N) is 1. The molecule has 106 valence electrons. The van der Waals surface area contributed by atoms with Crippen molar-refractivity contribution in [1.29, 1.82) is 0 Å². The zero-order valence-corrected chi connectivity index (χ0v) is 11.9. The highest BCUT2D eigenvalue weighted by Gasteiger charge is 2.14. The highest BCUT2D eigenvalue weighted by atomic mass is 16.5. The largest absolute Gasteiger partial charge is 0.465 e. The number of furan rings is 1. The van der Waals surface area contributed by atoms with Crippen molar-refractivity contribution in [2.75, 3.05) is 7.11 Å². The van der Waals surface area contributed by atoms with Gasteiger partial charge in [-0.1, -0.05) is 6.07 Å². The highest BCUT2D eigenvalue weighted by molar-refractivity contribution is 5.90. The molecule has 5 nitrogen and oxygen atoms in total. The fraction of sp³-hybridized carbons (Fsp3) is 0.333. The fourth-order valence-electron chi connectivity index (χ4n) is 1.95. The summed E-state index contributed by atoms with van der Waals surface area (Å²) >= 11 is 0. The lowest BCUT2D eigenvalue weighted by molar-refractivity contribution is 0.0599. The minimum atomic E-state index is -0.377. The van der Waals surface area contributed by atoms with E-state index in [-0.39, 0.29) is 5.97 Å². The van der Waals surface area contributed by atoms with Crippen LogP contribution in [0.4, 0.5) is 0 Å². The van der Waals surface area contributed by atoms with Gasteiger partial charge in [-0.3, -0.25) is 4.98 Å². The van der Waals surface area contributed by atoms with Crippen molar-refractivity contribution >= 4 is 5.97 Å². The maximum absolute atomic E-state index is 11.5. The molecule has 0 amide bonds. The van der Waals surface area contributed by atoms with Gasteiger partial charge in [0.25, 0.3) is 0 Å². The lowest BCUT2D eigenvalue weighted by Crippen LogP contribution is -2.14. The number of pyridine rings is 1. The van der Waals surface area contributed by atoms with Crippen molar-refractivity contribution in [3.05, 3.63) is 52.7 Å². The number of aromatic nitrogens is 1. The topological polar surface area (TPSA) is 64.4 Å². The smallest absolute Gasteiger partial charge is 0.341 e. The maximum atomic E-state index is 11.5. The Kier molecular flexibility index (Phi) is 4.53. The summed E-state index contributed by atoms with van der Waals surface area (Å²) in [6, 6.07) is 5.65. The van der Waals surface area contributed by atoms with E-state index in [0.717, 1.165) is 11.3 Å². The number of methoxy groups -OCH3 is 1. The van der Waals surface area contributed by atoms with Crippen LogP contribution < -0.4 is 5.32 Å². The Balaban J connectivity index is 1.95. The van der Waals surface area contributed by atoms with Crippen molar-refractivity contribution < 1.29 is 13.9 Å². The summed E-state index contributed by atoms with van der Waals surface area (Å²) < 4.78 is 10.2. The van der Waals surface area contributed by atoms with Crippen LogP contribution in [0.25, 0.3) is 0 Å². The number of nitrogens with zero attached hydrogens (tertiary/aromatic N) is 1. The number of hydrogen-bond donors (Lipinski definition) is 1. The van der Waals surface area contributed by atoms with E-state index in [9.17, 15) is 4.79 Å². The van der Waals surface area contributed by atoms with Crippen LogP contribution in [0, 0.1) is 13.8 Å². The highest BCUT2D eigenvalue weighted by Crippen LogP contribution is 2.15. The molecule has 2 heterocycles. The van der Waals surface area contributed by atoms with Gasteiger partial charge in [0.15, 0.2) is 0 Å². The zero-order valence-electron chi connectivity index (χ0n) is 11.9. The molecule has 2 rings (SSSR count). The normalized spacial score (nSPS) is 10.6. The van der Waals surface area contributed by atoms with Crippen LogP contribution in [-0.2, 0) is 17.8 Å². The Hall–Kier alpha value is -2.14. The van der Waals surface area contributed by atoms with Gasteiger partial charge in [0.1, 0.15) is 17.1 Å². The lowest BCUT2D eigenvalue weighted by Gasteiger charge is -2.04. The zero-order chi connectivity index (χ0) is 14.5. The SMILES string of the molecule is COC(=O)c1cc(CNCc2ncccc2C)oc1C. The van der Waals surface area contributed by atoms with Crippen molar-refractivity contribution in [2.45, 2.75) is 26.9 Å². The molecule has 0 aromatic carbocycles. The van der Waals surface area contributed by atoms with Gasteiger partial charge < -0.3 is 14.5 Å². The molecule has 1 N–H and O–H groups in total. The summed E-state index contributed by atoms with van der Waals surface area (Å²) in [5.74, 6) is 0.900. The average Bonchev–Trinajstić information content (AvgIpc) is 2.81. The summed E-state index contributed by atoms with van der Waals surface area (Å²) in [5, 5.41) is 3.25. The molecule has 0 aliphatic rings. The first-order valence-electron chi connectivity index (χ1n) is 6.40. The van der Waals surface area contributed by atoms with E-state index in [4.69, 9.17) is 9.15 Å². The molecule has 20 heavy (non-hydrogen) atoms. The van der Waals surface area contributed by atoms with Gasteiger partial charge in [-0.25, -0.2) is 4.79 Å². The molecule has 2 aromatic rings.